The Morgan fingerprint density at radius 3 is 2.57 bits per heavy atom. The second-order valence-corrected chi connectivity index (χ2v) is 1.68. The Labute approximate surface area is 45.9 Å². The summed E-state index contributed by atoms with van der Waals surface area (Å²) in [7, 11) is 0. The van der Waals surface area contributed by atoms with Crippen molar-refractivity contribution in [3.8, 4) is 12.3 Å². The summed E-state index contributed by atoms with van der Waals surface area (Å²) in [5.74, 6) is 3.02. The zero-order chi connectivity index (χ0) is 5.70. The van der Waals surface area contributed by atoms with E-state index in [4.69, 9.17) is 6.42 Å². The van der Waals surface area contributed by atoms with E-state index in [0.29, 0.717) is 5.92 Å². The van der Waals surface area contributed by atoms with E-state index < -0.39 is 0 Å². The molecule has 0 bridgehead atoms. The minimum absolute atomic E-state index is 0.463. The first-order valence-electron chi connectivity index (χ1n) is 2.57. The molecule has 0 aliphatic rings. The van der Waals surface area contributed by atoms with Crippen molar-refractivity contribution in [1.29, 1.82) is 0 Å². The molecule has 0 rings (SSSR count). The van der Waals surface area contributed by atoms with Crippen LogP contribution in [0.4, 0.5) is 0 Å². The maximum absolute atomic E-state index is 5.01. The topological polar surface area (TPSA) is 0 Å². The van der Waals surface area contributed by atoms with Gasteiger partial charge in [0.1, 0.15) is 0 Å². The lowest BCUT2D eigenvalue weighted by molar-refractivity contribution is 0.644. The standard InChI is InChI=1S/C7H11/c1-4-6-7(3)5-2/h1,7H,3,5-6H2,2H3. The van der Waals surface area contributed by atoms with Crippen LogP contribution in [0, 0.1) is 25.2 Å². The van der Waals surface area contributed by atoms with Crippen molar-refractivity contribution in [3.05, 3.63) is 6.92 Å². The Kier molecular flexibility index (Phi) is 3.50. The van der Waals surface area contributed by atoms with Crippen LogP contribution in [0.1, 0.15) is 19.8 Å². The van der Waals surface area contributed by atoms with Crippen LogP contribution in [0.3, 0.4) is 0 Å². The van der Waals surface area contributed by atoms with E-state index in [0.717, 1.165) is 12.8 Å². The van der Waals surface area contributed by atoms with Gasteiger partial charge in [-0.05, 0) is 12.8 Å². The van der Waals surface area contributed by atoms with Gasteiger partial charge in [-0.1, -0.05) is 13.3 Å². The zero-order valence-electron chi connectivity index (χ0n) is 4.78. The van der Waals surface area contributed by atoms with E-state index in [1.807, 2.05) is 0 Å². The van der Waals surface area contributed by atoms with E-state index in [-0.39, 0.29) is 0 Å². The first kappa shape index (κ1) is 6.56. The largest absolute Gasteiger partial charge is 0.120 e. The van der Waals surface area contributed by atoms with E-state index in [2.05, 4.69) is 19.8 Å². The summed E-state index contributed by atoms with van der Waals surface area (Å²) in [5.41, 5.74) is 0. The molecule has 39 valence electrons. The van der Waals surface area contributed by atoms with Gasteiger partial charge < -0.3 is 0 Å². The Balaban J connectivity index is 3.03. The molecule has 1 atom stereocenters. The highest BCUT2D eigenvalue weighted by Crippen LogP contribution is 2.02. The maximum Gasteiger partial charge on any atom is 0.0114 e. The summed E-state index contributed by atoms with van der Waals surface area (Å²) in [6, 6.07) is 0. The molecule has 0 N–H and O–H groups in total. The molecular formula is C7H11. The summed E-state index contributed by atoms with van der Waals surface area (Å²) in [5, 5.41) is 0. The van der Waals surface area contributed by atoms with Gasteiger partial charge in [0.15, 0.2) is 0 Å². The molecular weight excluding hydrogens is 84.1 g/mol. The quantitative estimate of drug-likeness (QED) is 0.459. The summed E-state index contributed by atoms with van der Waals surface area (Å²) >= 11 is 0. The van der Waals surface area contributed by atoms with Crippen LogP contribution in [0.15, 0.2) is 0 Å². The summed E-state index contributed by atoms with van der Waals surface area (Å²) in [6.45, 7) is 5.90. The van der Waals surface area contributed by atoms with E-state index in [1.165, 1.54) is 0 Å². The van der Waals surface area contributed by atoms with Gasteiger partial charge in [-0.25, -0.2) is 0 Å². The van der Waals surface area contributed by atoms with Gasteiger partial charge >= 0.3 is 0 Å². The molecule has 0 aromatic heterocycles. The minimum atomic E-state index is 0.463. The molecule has 1 radical (unpaired) electrons. The highest BCUT2D eigenvalue weighted by molar-refractivity contribution is 4.86. The fourth-order valence-corrected chi connectivity index (χ4v) is 0.311. The Morgan fingerprint density at radius 2 is 2.43 bits per heavy atom. The van der Waals surface area contributed by atoms with Gasteiger partial charge in [-0.3, -0.25) is 0 Å². The number of hydrogen-bond donors (Lipinski definition) is 0. The molecule has 0 fully saturated rings. The van der Waals surface area contributed by atoms with Crippen LogP contribution < -0.4 is 0 Å². The van der Waals surface area contributed by atoms with Crippen LogP contribution in [-0.2, 0) is 0 Å². The Bertz CT molecular complexity index is 66.6. The second-order valence-electron chi connectivity index (χ2n) is 1.68. The van der Waals surface area contributed by atoms with Crippen LogP contribution >= 0.6 is 0 Å². The number of terminal acetylenes is 1. The molecule has 0 aliphatic heterocycles. The van der Waals surface area contributed by atoms with Crippen molar-refractivity contribution in [2.24, 2.45) is 5.92 Å². The predicted molar refractivity (Wildman–Crippen MR) is 32.6 cm³/mol. The van der Waals surface area contributed by atoms with Crippen molar-refractivity contribution in [1.82, 2.24) is 0 Å². The molecule has 1 unspecified atom stereocenters. The monoisotopic (exact) mass is 95.1 g/mol. The van der Waals surface area contributed by atoms with Gasteiger partial charge in [0, 0.05) is 6.42 Å². The molecule has 0 aromatic rings. The van der Waals surface area contributed by atoms with Gasteiger partial charge in [0.05, 0.1) is 0 Å². The smallest absolute Gasteiger partial charge is 0.0114 e. The summed E-state index contributed by atoms with van der Waals surface area (Å²) < 4.78 is 0. The molecule has 0 amide bonds. The molecule has 7 heavy (non-hydrogen) atoms. The van der Waals surface area contributed by atoms with Gasteiger partial charge in [0.25, 0.3) is 0 Å². The average Bonchev–Trinajstić information content (AvgIpc) is 1.68. The van der Waals surface area contributed by atoms with E-state index in [9.17, 15) is 0 Å². The van der Waals surface area contributed by atoms with Crippen molar-refractivity contribution in [2.45, 2.75) is 19.8 Å². The van der Waals surface area contributed by atoms with Crippen molar-refractivity contribution in [3.63, 3.8) is 0 Å². The highest BCUT2D eigenvalue weighted by Gasteiger charge is 1.91. The van der Waals surface area contributed by atoms with Crippen LogP contribution in [-0.4, -0.2) is 0 Å². The number of rotatable bonds is 2. The fourth-order valence-electron chi connectivity index (χ4n) is 0.311. The third-order valence-corrected chi connectivity index (χ3v) is 0.984. The normalized spacial score (nSPS) is 12.7. The molecule has 0 saturated heterocycles. The van der Waals surface area contributed by atoms with Crippen LogP contribution in [0.25, 0.3) is 0 Å². The summed E-state index contributed by atoms with van der Waals surface area (Å²) in [4.78, 5) is 0. The zero-order valence-corrected chi connectivity index (χ0v) is 4.78. The van der Waals surface area contributed by atoms with Crippen molar-refractivity contribution < 1.29 is 0 Å². The number of hydrogen-bond acceptors (Lipinski definition) is 0. The van der Waals surface area contributed by atoms with Gasteiger partial charge in [-0.15, -0.1) is 12.3 Å². The predicted octanol–water partition coefficient (Wildman–Crippen LogP) is 1.87. The first-order valence-corrected chi connectivity index (χ1v) is 2.57. The van der Waals surface area contributed by atoms with Crippen molar-refractivity contribution >= 4 is 0 Å². The second kappa shape index (κ2) is 3.74. The third kappa shape index (κ3) is 3.39. The van der Waals surface area contributed by atoms with Crippen molar-refractivity contribution in [2.75, 3.05) is 0 Å². The van der Waals surface area contributed by atoms with Gasteiger partial charge in [0.2, 0.25) is 0 Å². The molecule has 0 spiro atoms. The fraction of sp³-hybridized carbons (Fsp3) is 0.571. The first-order chi connectivity index (χ1) is 3.31. The Hall–Kier alpha value is -0.440. The molecule has 0 heteroatoms. The Morgan fingerprint density at radius 1 is 1.86 bits per heavy atom. The third-order valence-electron chi connectivity index (χ3n) is 0.984. The maximum atomic E-state index is 5.01. The van der Waals surface area contributed by atoms with Crippen LogP contribution in [0.2, 0.25) is 0 Å². The molecule has 0 nitrogen and oxygen atoms in total. The SMILES string of the molecule is C#CCC([CH2])CC. The molecule has 0 saturated carbocycles. The molecule has 0 aromatic carbocycles. The lowest BCUT2D eigenvalue weighted by Crippen LogP contribution is -1.87. The van der Waals surface area contributed by atoms with E-state index >= 15 is 0 Å². The van der Waals surface area contributed by atoms with Gasteiger partial charge in [-0.2, -0.15) is 0 Å². The lowest BCUT2D eigenvalue weighted by Gasteiger charge is -1.98. The van der Waals surface area contributed by atoms with E-state index in [1.54, 1.807) is 0 Å². The molecule has 0 heterocycles. The minimum Gasteiger partial charge on any atom is -0.120 e. The molecule has 0 aliphatic carbocycles. The summed E-state index contributed by atoms with van der Waals surface area (Å²) in [6.07, 6.45) is 6.92. The lowest BCUT2D eigenvalue weighted by atomic mass is 10.1. The van der Waals surface area contributed by atoms with Crippen LogP contribution in [0.5, 0.6) is 0 Å². The highest BCUT2D eigenvalue weighted by atomic mass is 14.0. The average molecular weight is 95.2 g/mol.